The predicted octanol–water partition coefficient (Wildman–Crippen LogP) is 2.55. The maximum absolute atomic E-state index is 12.6. The Hall–Kier alpha value is -3.02. The summed E-state index contributed by atoms with van der Waals surface area (Å²) in [5.74, 6) is 0.993. The zero-order valence-corrected chi connectivity index (χ0v) is 15.4. The average molecular weight is 368 g/mol. The monoisotopic (exact) mass is 368 g/mol. The highest BCUT2D eigenvalue weighted by molar-refractivity contribution is 5.85. The number of benzene rings is 2. The quantitative estimate of drug-likeness (QED) is 0.816. The first-order valence-corrected chi connectivity index (χ1v) is 9.05. The third kappa shape index (κ3) is 5.00. The number of hydrogen-bond acceptors (Lipinski definition) is 4. The van der Waals surface area contributed by atoms with E-state index >= 15 is 0 Å². The van der Waals surface area contributed by atoms with Crippen LogP contribution in [0.15, 0.2) is 54.6 Å². The van der Waals surface area contributed by atoms with E-state index in [0.29, 0.717) is 12.3 Å². The number of ether oxygens (including phenoxy) is 2. The van der Waals surface area contributed by atoms with Crippen molar-refractivity contribution < 1.29 is 19.1 Å². The van der Waals surface area contributed by atoms with Crippen molar-refractivity contribution in [1.82, 2.24) is 10.2 Å². The van der Waals surface area contributed by atoms with E-state index < -0.39 is 0 Å². The highest BCUT2D eigenvalue weighted by Gasteiger charge is 2.30. The second-order valence-corrected chi connectivity index (χ2v) is 6.40. The molecular formula is C21H24N2O4. The fraction of sp³-hybridized carbons (Fsp3) is 0.333. The summed E-state index contributed by atoms with van der Waals surface area (Å²) in [5.41, 5.74) is 1.05. The first-order chi connectivity index (χ1) is 13.2. The second-order valence-electron chi connectivity index (χ2n) is 6.40. The molecule has 142 valence electrons. The standard InChI is InChI=1S/C21H24N2O4/c1-26-18-10-5-7-16(13-18)19-11-6-12-23(19)21(25)14-22-20(24)15-27-17-8-3-2-4-9-17/h2-5,7-10,13,19H,6,11-12,14-15H2,1H3,(H,22,24). The molecular weight excluding hydrogens is 344 g/mol. The number of nitrogens with zero attached hydrogens (tertiary/aromatic N) is 1. The molecule has 1 unspecified atom stereocenters. The molecule has 1 aliphatic rings. The summed E-state index contributed by atoms with van der Waals surface area (Å²) in [4.78, 5) is 26.4. The van der Waals surface area contributed by atoms with Crippen LogP contribution in [0.3, 0.4) is 0 Å². The van der Waals surface area contributed by atoms with Gasteiger partial charge in [0.1, 0.15) is 11.5 Å². The van der Waals surface area contributed by atoms with E-state index in [9.17, 15) is 9.59 Å². The van der Waals surface area contributed by atoms with Crippen LogP contribution in [0.25, 0.3) is 0 Å². The summed E-state index contributed by atoms with van der Waals surface area (Å²) in [7, 11) is 1.63. The minimum absolute atomic E-state index is 0.0186. The van der Waals surface area contributed by atoms with E-state index in [0.717, 1.165) is 24.2 Å². The first-order valence-electron chi connectivity index (χ1n) is 9.05. The number of methoxy groups -OCH3 is 1. The number of nitrogens with one attached hydrogen (secondary N) is 1. The SMILES string of the molecule is COc1cccc(C2CCCN2C(=O)CNC(=O)COc2ccccc2)c1. The molecule has 2 aromatic carbocycles. The molecule has 0 spiro atoms. The number of carbonyl (C=O) groups is 2. The summed E-state index contributed by atoms with van der Waals surface area (Å²) in [6.07, 6.45) is 1.85. The van der Waals surface area contributed by atoms with Crippen LogP contribution in [0, 0.1) is 0 Å². The summed E-state index contributed by atoms with van der Waals surface area (Å²) < 4.78 is 10.7. The highest BCUT2D eigenvalue weighted by atomic mass is 16.5. The van der Waals surface area contributed by atoms with Gasteiger partial charge in [-0.1, -0.05) is 30.3 Å². The number of rotatable bonds is 7. The molecule has 2 amide bonds. The Morgan fingerprint density at radius 2 is 1.89 bits per heavy atom. The molecule has 1 heterocycles. The van der Waals surface area contributed by atoms with Crippen molar-refractivity contribution >= 4 is 11.8 Å². The van der Waals surface area contributed by atoms with Gasteiger partial charge in [-0.3, -0.25) is 9.59 Å². The normalized spacial score (nSPS) is 16.0. The molecule has 0 bridgehead atoms. The van der Waals surface area contributed by atoms with Crippen LogP contribution in [0.1, 0.15) is 24.4 Å². The van der Waals surface area contributed by atoms with Crippen molar-refractivity contribution in [2.45, 2.75) is 18.9 Å². The predicted molar refractivity (Wildman–Crippen MR) is 102 cm³/mol. The molecule has 1 aliphatic heterocycles. The molecule has 27 heavy (non-hydrogen) atoms. The lowest BCUT2D eigenvalue weighted by Gasteiger charge is -2.25. The molecule has 6 heteroatoms. The van der Waals surface area contributed by atoms with Gasteiger partial charge in [-0.2, -0.15) is 0 Å². The van der Waals surface area contributed by atoms with Gasteiger partial charge < -0.3 is 19.7 Å². The highest BCUT2D eigenvalue weighted by Crippen LogP contribution is 2.33. The third-order valence-electron chi connectivity index (χ3n) is 4.60. The van der Waals surface area contributed by atoms with Gasteiger partial charge in [0.25, 0.3) is 5.91 Å². The van der Waals surface area contributed by atoms with Crippen molar-refractivity contribution in [1.29, 1.82) is 0 Å². The molecule has 6 nitrogen and oxygen atoms in total. The third-order valence-corrected chi connectivity index (χ3v) is 4.60. The Morgan fingerprint density at radius 3 is 2.67 bits per heavy atom. The lowest BCUT2D eigenvalue weighted by Crippen LogP contribution is -2.41. The van der Waals surface area contributed by atoms with Crippen LogP contribution < -0.4 is 14.8 Å². The first kappa shape index (κ1) is 18.8. The van der Waals surface area contributed by atoms with Crippen LogP contribution in [-0.2, 0) is 9.59 Å². The van der Waals surface area contributed by atoms with Gasteiger partial charge in [-0.05, 0) is 42.7 Å². The number of para-hydroxylation sites is 1. The van der Waals surface area contributed by atoms with Gasteiger partial charge in [-0.15, -0.1) is 0 Å². The lowest BCUT2D eigenvalue weighted by molar-refractivity contribution is -0.134. The van der Waals surface area contributed by atoms with E-state index in [1.54, 1.807) is 19.2 Å². The van der Waals surface area contributed by atoms with Gasteiger partial charge in [0.05, 0.1) is 19.7 Å². The van der Waals surface area contributed by atoms with Crippen LogP contribution >= 0.6 is 0 Å². The topological polar surface area (TPSA) is 67.9 Å². The molecule has 0 aliphatic carbocycles. The molecule has 0 radical (unpaired) electrons. The smallest absolute Gasteiger partial charge is 0.258 e. The summed E-state index contributed by atoms with van der Waals surface area (Å²) >= 11 is 0. The van der Waals surface area contributed by atoms with Gasteiger partial charge in [0, 0.05) is 6.54 Å². The van der Waals surface area contributed by atoms with Gasteiger partial charge >= 0.3 is 0 Å². The van der Waals surface area contributed by atoms with E-state index in [1.807, 2.05) is 47.4 Å². The minimum atomic E-state index is -0.315. The van der Waals surface area contributed by atoms with Crippen molar-refractivity contribution in [2.75, 3.05) is 26.8 Å². The zero-order chi connectivity index (χ0) is 19.1. The zero-order valence-electron chi connectivity index (χ0n) is 15.4. The second kappa shape index (κ2) is 9.07. The molecule has 1 saturated heterocycles. The van der Waals surface area contributed by atoms with Gasteiger partial charge in [0.2, 0.25) is 5.91 Å². The maximum Gasteiger partial charge on any atom is 0.258 e. The molecule has 3 rings (SSSR count). The van der Waals surface area contributed by atoms with Crippen molar-refractivity contribution in [3.05, 3.63) is 60.2 Å². The molecule has 1 N–H and O–H groups in total. The van der Waals surface area contributed by atoms with Crippen LogP contribution in [0.5, 0.6) is 11.5 Å². The van der Waals surface area contributed by atoms with Gasteiger partial charge in [-0.25, -0.2) is 0 Å². The van der Waals surface area contributed by atoms with E-state index in [2.05, 4.69) is 5.32 Å². The van der Waals surface area contributed by atoms with Crippen molar-refractivity contribution in [2.24, 2.45) is 0 Å². The van der Waals surface area contributed by atoms with Gasteiger partial charge in [0.15, 0.2) is 6.61 Å². The van der Waals surface area contributed by atoms with Crippen molar-refractivity contribution in [3.8, 4) is 11.5 Å². The Kier molecular flexibility index (Phi) is 6.30. The Bertz CT molecular complexity index is 779. The van der Waals surface area contributed by atoms with Crippen LogP contribution in [0.2, 0.25) is 0 Å². The number of hydrogen-bond donors (Lipinski definition) is 1. The molecule has 1 fully saturated rings. The molecule has 0 aromatic heterocycles. The maximum atomic E-state index is 12.6. The van der Waals surface area contributed by atoms with Crippen LogP contribution in [0.4, 0.5) is 0 Å². The van der Waals surface area contributed by atoms with E-state index in [1.165, 1.54) is 0 Å². The minimum Gasteiger partial charge on any atom is -0.497 e. The Balaban J connectivity index is 1.51. The summed E-state index contributed by atoms with van der Waals surface area (Å²) in [6, 6.07) is 16.9. The molecule has 1 atom stereocenters. The largest absolute Gasteiger partial charge is 0.497 e. The van der Waals surface area contributed by atoms with E-state index in [4.69, 9.17) is 9.47 Å². The number of likely N-dealkylation sites (tertiary alicyclic amines) is 1. The summed E-state index contributed by atoms with van der Waals surface area (Å²) in [5, 5.41) is 2.64. The van der Waals surface area contributed by atoms with Crippen LogP contribution in [-0.4, -0.2) is 43.5 Å². The number of carbonyl (C=O) groups excluding carboxylic acids is 2. The fourth-order valence-corrected chi connectivity index (χ4v) is 3.25. The van der Waals surface area contributed by atoms with Crippen molar-refractivity contribution in [3.63, 3.8) is 0 Å². The summed E-state index contributed by atoms with van der Waals surface area (Å²) in [6.45, 7) is 0.547. The average Bonchev–Trinajstić information content (AvgIpc) is 3.21. The fourth-order valence-electron chi connectivity index (χ4n) is 3.25. The number of amides is 2. The lowest BCUT2D eigenvalue weighted by atomic mass is 10.0. The van der Waals surface area contributed by atoms with E-state index in [-0.39, 0.29) is 31.0 Å². The Morgan fingerprint density at radius 1 is 1.11 bits per heavy atom. The Labute approximate surface area is 159 Å². The molecule has 2 aromatic rings. The molecule has 0 saturated carbocycles.